The van der Waals surface area contributed by atoms with E-state index in [1.54, 1.807) is 13.0 Å². The summed E-state index contributed by atoms with van der Waals surface area (Å²) < 4.78 is 30.9. The summed E-state index contributed by atoms with van der Waals surface area (Å²) in [6.45, 7) is 5.58. The molecule has 0 fully saturated rings. The second-order valence-electron chi connectivity index (χ2n) is 3.30. The fourth-order valence-corrected chi connectivity index (χ4v) is 2.29. The first-order chi connectivity index (χ1) is 6.38. The highest BCUT2D eigenvalue weighted by molar-refractivity contribution is 7.85. The Balaban J connectivity index is 3.47. The Morgan fingerprint density at radius 1 is 1.21 bits per heavy atom. The molecular weight excluding hydrogens is 200 g/mol. The van der Waals surface area contributed by atoms with E-state index in [1.807, 2.05) is 13.8 Å². The van der Waals surface area contributed by atoms with Gasteiger partial charge in [-0.2, -0.15) is 8.42 Å². The highest BCUT2D eigenvalue weighted by Gasteiger charge is 2.15. The molecule has 0 radical (unpaired) electrons. The molecule has 14 heavy (non-hydrogen) atoms. The van der Waals surface area contributed by atoms with Crippen molar-refractivity contribution in [3.05, 3.63) is 28.8 Å². The van der Waals surface area contributed by atoms with Crippen molar-refractivity contribution in [2.45, 2.75) is 32.1 Å². The van der Waals surface area contributed by atoms with Gasteiger partial charge in [-0.3, -0.25) is 4.55 Å². The lowest BCUT2D eigenvalue weighted by Crippen LogP contribution is -2.03. The van der Waals surface area contributed by atoms with Crippen LogP contribution >= 0.6 is 0 Å². The molecule has 3 nitrogen and oxygen atoms in total. The van der Waals surface area contributed by atoms with Gasteiger partial charge in [0, 0.05) is 0 Å². The predicted octanol–water partition coefficient (Wildman–Crippen LogP) is 2.11. The quantitative estimate of drug-likeness (QED) is 0.767. The average molecular weight is 214 g/mol. The molecule has 0 saturated heterocycles. The summed E-state index contributed by atoms with van der Waals surface area (Å²) in [5.74, 6) is 0. The van der Waals surface area contributed by atoms with Crippen molar-refractivity contribution in [1.82, 2.24) is 0 Å². The molecule has 1 aromatic rings. The van der Waals surface area contributed by atoms with Gasteiger partial charge in [-0.05, 0) is 43.0 Å². The molecule has 78 valence electrons. The van der Waals surface area contributed by atoms with Crippen LogP contribution < -0.4 is 0 Å². The maximum Gasteiger partial charge on any atom is 0.294 e. The van der Waals surface area contributed by atoms with Crippen LogP contribution in [0.3, 0.4) is 0 Å². The molecule has 0 amide bonds. The van der Waals surface area contributed by atoms with Gasteiger partial charge in [-0.15, -0.1) is 0 Å². The third-order valence-corrected chi connectivity index (χ3v) is 3.51. The van der Waals surface area contributed by atoms with E-state index >= 15 is 0 Å². The maximum absolute atomic E-state index is 11.0. The van der Waals surface area contributed by atoms with Gasteiger partial charge in [0.2, 0.25) is 0 Å². The van der Waals surface area contributed by atoms with Crippen molar-refractivity contribution in [3.63, 3.8) is 0 Å². The fraction of sp³-hybridized carbons (Fsp3) is 0.400. The molecule has 0 spiro atoms. The van der Waals surface area contributed by atoms with Crippen LogP contribution in [-0.4, -0.2) is 13.0 Å². The Morgan fingerprint density at radius 3 is 2.21 bits per heavy atom. The number of hydrogen-bond donors (Lipinski definition) is 1. The number of benzene rings is 1. The Labute approximate surface area is 84.5 Å². The minimum atomic E-state index is -4.08. The molecule has 0 aliphatic rings. The van der Waals surface area contributed by atoms with Gasteiger partial charge in [0.05, 0.1) is 4.90 Å². The van der Waals surface area contributed by atoms with Crippen LogP contribution in [0.2, 0.25) is 0 Å². The third-order valence-electron chi connectivity index (χ3n) is 2.51. The Bertz CT molecular complexity index is 447. The topological polar surface area (TPSA) is 54.4 Å². The van der Waals surface area contributed by atoms with Gasteiger partial charge in [-0.25, -0.2) is 0 Å². The van der Waals surface area contributed by atoms with E-state index in [1.165, 1.54) is 6.07 Å². The summed E-state index contributed by atoms with van der Waals surface area (Å²) in [4.78, 5) is 0.00667. The number of aryl methyl sites for hydroxylation is 1. The average Bonchev–Trinajstić information content (AvgIpc) is 2.07. The minimum absolute atomic E-state index is 0.00667. The van der Waals surface area contributed by atoms with Crippen molar-refractivity contribution in [3.8, 4) is 0 Å². The molecule has 0 aromatic heterocycles. The number of hydrogen-bond acceptors (Lipinski definition) is 2. The van der Waals surface area contributed by atoms with E-state index in [-0.39, 0.29) is 4.90 Å². The molecule has 0 saturated carbocycles. The lowest BCUT2D eigenvalue weighted by molar-refractivity contribution is 0.482. The molecule has 0 aliphatic carbocycles. The van der Waals surface area contributed by atoms with Crippen molar-refractivity contribution in [2.24, 2.45) is 0 Å². The minimum Gasteiger partial charge on any atom is -0.282 e. The second kappa shape index (κ2) is 3.71. The molecule has 0 atom stereocenters. The lowest BCUT2D eigenvalue weighted by Gasteiger charge is -2.09. The van der Waals surface area contributed by atoms with E-state index in [0.29, 0.717) is 5.56 Å². The Kier molecular flexibility index (Phi) is 2.97. The molecule has 0 aliphatic heterocycles. The zero-order chi connectivity index (χ0) is 10.9. The highest BCUT2D eigenvalue weighted by Crippen LogP contribution is 2.21. The smallest absolute Gasteiger partial charge is 0.282 e. The van der Waals surface area contributed by atoms with E-state index in [0.717, 1.165) is 17.5 Å². The molecule has 1 rings (SSSR count). The van der Waals surface area contributed by atoms with Crippen molar-refractivity contribution in [1.29, 1.82) is 0 Å². The molecular formula is C10H14O3S. The van der Waals surface area contributed by atoms with Gasteiger partial charge in [-0.1, -0.05) is 13.0 Å². The van der Waals surface area contributed by atoms with Crippen LogP contribution in [0.25, 0.3) is 0 Å². The molecule has 0 heterocycles. The predicted molar refractivity (Wildman–Crippen MR) is 55.1 cm³/mol. The largest absolute Gasteiger partial charge is 0.294 e. The van der Waals surface area contributed by atoms with Gasteiger partial charge < -0.3 is 0 Å². The molecule has 4 heteroatoms. The number of rotatable bonds is 2. The zero-order valence-electron chi connectivity index (χ0n) is 8.53. The normalized spacial score (nSPS) is 11.7. The molecule has 0 bridgehead atoms. The SMILES string of the molecule is CCc1ccc(S(=O)(=O)O)c(C)c1C. The maximum atomic E-state index is 11.0. The van der Waals surface area contributed by atoms with Gasteiger partial charge >= 0.3 is 0 Å². The van der Waals surface area contributed by atoms with Crippen LogP contribution in [-0.2, 0) is 16.5 Å². The zero-order valence-corrected chi connectivity index (χ0v) is 9.35. The first-order valence-electron chi connectivity index (χ1n) is 4.44. The first-order valence-corrected chi connectivity index (χ1v) is 5.88. The van der Waals surface area contributed by atoms with Crippen LogP contribution in [0.4, 0.5) is 0 Å². The summed E-state index contributed by atoms with van der Waals surface area (Å²) in [5.41, 5.74) is 2.67. The first kappa shape index (κ1) is 11.2. The van der Waals surface area contributed by atoms with Crippen molar-refractivity contribution >= 4 is 10.1 Å². The second-order valence-corrected chi connectivity index (χ2v) is 4.69. The monoisotopic (exact) mass is 214 g/mol. The van der Waals surface area contributed by atoms with Crippen molar-refractivity contribution in [2.75, 3.05) is 0 Å². The van der Waals surface area contributed by atoms with E-state index in [9.17, 15) is 8.42 Å². The molecule has 1 aromatic carbocycles. The van der Waals surface area contributed by atoms with Crippen LogP contribution in [0.1, 0.15) is 23.6 Å². The van der Waals surface area contributed by atoms with E-state index in [2.05, 4.69) is 0 Å². The summed E-state index contributed by atoms with van der Waals surface area (Å²) in [7, 11) is -4.08. The van der Waals surface area contributed by atoms with Gasteiger partial charge in [0.15, 0.2) is 0 Å². The summed E-state index contributed by atoms with van der Waals surface area (Å²) in [6.07, 6.45) is 0.860. The van der Waals surface area contributed by atoms with E-state index < -0.39 is 10.1 Å². The van der Waals surface area contributed by atoms with Crippen LogP contribution in [0, 0.1) is 13.8 Å². The Morgan fingerprint density at radius 2 is 1.79 bits per heavy atom. The highest BCUT2D eigenvalue weighted by atomic mass is 32.2. The fourth-order valence-electron chi connectivity index (χ4n) is 1.51. The standard InChI is InChI=1S/C10H14O3S/c1-4-9-5-6-10(14(11,12)13)8(3)7(9)2/h5-6H,4H2,1-3H3,(H,11,12,13). The van der Waals surface area contributed by atoms with Crippen molar-refractivity contribution < 1.29 is 13.0 Å². The summed E-state index contributed by atoms with van der Waals surface area (Å²) in [5, 5.41) is 0. The summed E-state index contributed by atoms with van der Waals surface area (Å²) in [6, 6.07) is 3.20. The van der Waals surface area contributed by atoms with Crippen LogP contribution in [0.5, 0.6) is 0 Å². The third kappa shape index (κ3) is 1.96. The molecule has 0 unspecified atom stereocenters. The Hall–Kier alpha value is -0.870. The van der Waals surface area contributed by atoms with Gasteiger partial charge in [0.25, 0.3) is 10.1 Å². The molecule has 1 N–H and O–H groups in total. The summed E-state index contributed by atoms with van der Waals surface area (Å²) >= 11 is 0. The van der Waals surface area contributed by atoms with Crippen LogP contribution in [0.15, 0.2) is 17.0 Å². The van der Waals surface area contributed by atoms with E-state index in [4.69, 9.17) is 4.55 Å². The van der Waals surface area contributed by atoms with Gasteiger partial charge in [0.1, 0.15) is 0 Å². The lowest BCUT2D eigenvalue weighted by atomic mass is 10.0.